The molecule has 0 N–H and O–H groups in total. The van der Waals surface area contributed by atoms with E-state index in [2.05, 4.69) is 28.9 Å². The number of likely N-dealkylation sites (tertiary alicyclic amines) is 1. The summed E-state index contributed by atoms with van der Waals surface area (Å²) in [7, 11) is 0. The molecule has 1 aliphatic heterocycles. The minimum Gasteiger partial charge on any atom is -0.444 e. The predicted molar refractivity (Wildman–Crippen MR) is 137 cm³/mol. The van der Waals surface area contributed by atoms with Crippen molar-refractivity contribution in [2.24, 2.45) is 0 Å². The molecule has 1 atom stereocenters. The Balaban J connectivity index is 1.29. The van der Waals surface area contributed by atoms with Crippen molar-refractivity contribution < 1.29 is 9.53 Å². The fourth-order valence-electron chi connectivity index (χ4n) is 5.48. The van der Waals surface area contributed by atoms with Crippen molar-refractivity contribution in [1.29, 1.82) is 0 Å². The summed E-state index contributed by atoms with van der Waals surface area (Å²) in [4.78, 5) is 24.3. The van der Waals surface area contributed by atoms with Crippen LogP contribution in [0.1, 0.15) is 69.3 Å². The number of carbonyl (C=O) groups is 1. The van der Waals surface area contributed by atoms with Crippen LogP contribution >= 0.6 is 0 Å². The number of amides is 1. The molecule has 9 heteroatoms. The third kappa shape index (κ3) is 3.90. The van der Waals surface area contributed by atoms with Crippen LogP contribution in [-0.2, 0) is 4.74 Å². The number of hydrogen-bond donors (Lipinski definition) is 0. The Morgan fingerprint density at radius 1 is 1.03 bits per heavy atom. The first-order valence-electron chi connectivity index (χ1n) is 12.7. The van der Waals surface area contributed by atoms with Crippen molar-refractivity contribution in [3.63, 3.8) is 0 Å². The van der Waals surface area contributed by atoms with E-state index < -0.39 is 5.60 Å². The van der Waals surface area contributed by atoms with Gasteiger partial charge in [-0.3, -0.25) is 4.68 Å². The molecule has 36 heavy (non-hydrogen) atoms. The lowest BCUT2D eigenvalue weighted by atomic mass is 9.95. The second-order valence-corrected chi connectivity index (χ2v) is 11.5. The smallest absolute Gasteiger partial charge is 0.410 e. The minimum atomic E-state index is -0.487. The van der Waals surface area contributed by atoms with E-state index in [0.29, 0.717) is 6.54 Å². The molecular weight excluding hydrogens is 454 g/mol. The Labute approximate surface area is 210 Å². The monoisotopic (exact) mass is 487 g/mol. The average molecular weight is 488 g/mol. The standard InChI is InChI=1S/C27H33N7O2/c1-16-11-20(21-12-17(2)24-28-18(3)14-34(24)30-21)29-22-15-33(31-23(16)22)19-7-10-32(27(13-19)8-9-27)25(35)36-26(4,5)6/h11-12,14-15,19H,7-10,13H2,1-6H3. The first-order valence-corrected chi connectivity index (χ1v) is 12.7. The highest BCUT2D eigenvalue weighted by Gasteiger charge is 2.54. The van der Waals surface area contributed by atoms with E-state index in [1.807, 2.05) is 56.3 Å². The first-order chi connectivity index (χ1) is 17.0. The predicted octanol–water partition coefficient (Wildman–Crippen LogP) is 5.17. The number of nitrogens with zero attached hydrogens (tertiary/aromatic N) is 7. The lowest BCUT2D eigenvalue weighted by Crippen LogP contribution is -2.50. The highest BCUT2D eigenvalue weighted by atomic mass is 16.6. The summed E-state index contributed by atoms with van der Waals surface area (Å²) in [6.07, 6.45) is 7.58. The number of hydrogen-bond acceptors (Lipinski definition) is 6. The highest BCUT2D eigenvalue weighted by Crippen LogP contribution is 2.51. The normalized spacial score (nSPS) is 19.4. The molecule has 0 bridgehead atoms. The molecule has 5 heterocycles. The molecule has 0 radical (unpaired) electrons. The lowest BCUT2D eigenvalue weighted by Gasteiger charge is -2.40. The average Bonchev–Trinajstić information content (AvgIpc) is 3.23. The number of piperidine rings is 1. The van der Waals surface area contributed by atoms with Gasteiger partial charge < -0.3 is 9.64 Å². The lowest BCUT2D eigenvalue weighted by molar-refractivity contribution is 0.0000129. The zero-order valence-corrected chi connectivity index (χ0v) is 21.9. The minimum absolute atomic E-state index is 0.100. The number of ether oxygens (including phenoxy) is 1. The van der Waals surface area contributed by atoms with Crippen molar-refractivity contribution in [1.82, 2.24) is 34.3 Å². The first kappa shape index (κ1) is 22.9. The number of carbonyl (C=O) groups excluding carboxylic acids is 1. The van der Waals surface area contributed by atoms with Gasteiger partial charge in [-0.1, -0.05) is 0 Å². The van der Waals surface area contributed by atoms with Crippen molar-refractivity contribution >= 4 is 22.8 Å². The van der Waals surface area contributed by atoms with Gasteiger partial charge in [-0.05, 0) is 90.5 Å². The van der Waals surface area contributed by atoms with E-state index in [0.717, 1.165) is 70.6 Å². The van der Waals surface area contributed by atoms with Crippen molar-refractivity contribution in [3.8, 4) is 11.4 Å². The summed E-state index contributed by atoms with van der Waals surface area (Å²) in [5.41, 5.74) is 6.78. The number of fused-ring (bicyclic) bond motifs is 2. The van der Waals surface area contributed by atoms with E-state index in [9.17, 15) is 4.79 Å². The summed E-state index contributed by atoms with van der Waals surface area (Å²) >= 11 is 0. The summed E-state index contributed by atoms with van der Waals surface area (Å²) < 4.78 is 9.60. The maximum absolute atomic E-state index is 12.8. The molecule has 4 aromatic heterocycles. The van der Waals surface area contributed by atoms with Crippen LogP contribution in [0.3, 0.4) is 0 Å². The van der Waals surface area contributed by atoms with Crippen LogP contribution in [0.2, 0.25) is 0 Å². The van der Waals surface area contributed by atoms with Crippen molar-refractivity contribution in [2.75, 3.05) is 6.54 Å². The van der Waals surface area contributed by atoms with Gasteiger partial charge in [-0.15, -0.1) is 0 Å². The van der Waals surface area contributed by atoms with E-state index in [-0.39, 0.29) is 17.7 Å². The van der Waals surface area contributed by atoms with Gasteiger partial charge in [0.25, 0.3) is 0 Å². The van der Waals surface area contributed by atoms with Crippen LogP contribution in [0.5, 0.6) is 0 Å². The second-order valence-electron chi connectivity index (χ2n) is 11.5. The molecule has 1 unspecified atom stereocenters. The molecule has 4 aromatic rings. The van der Waals surface area contributed by atoms with Crippen LogP contribution in [0.25, 0.3) is 28.1 Å². The van der Waals surface area contributed by atoms with Crippen molar-refractivity contribution in [2.45, 2.75) is 84.4 Å². The Hall–Kier alpha value is -3.49. The second kappa shape index (κ2) is 7.75. The molecule has 0 aromatic carbocycles. The fourth-order valence-corrected chi connectivity index (χ4v) is 5.48. The van der Waals surface area contributed by atoms with Gasteiger partial charge in [0.2, 0.25) is 0 Å². The number of pyridine rings is 1. The summed E-state index contributed by atoms with van der Waals surface area (Å²) in [6, 6.07) is 4.34. The van der Waals surface area contributed by atoms with E-state index in [4.69, 9.17) is 19.9 Å². The van der Waals surface area contributed by atoms with Crippen LogP contribution in [0.4, 0.5) is 4.79 Å². The molecule has 1 spiro atoms. The van der Waals surface area contributed by atoms with Crippen molar-refractivity contribution in [3.05, 3.63) is 41.3 Å². The van der Waals surface area contributed by atoms with E-state index >= 15 is 0 Å². The number of rotatable bonds is 2. The van der Waals surface area contributed by atoms with Gasteiger partial charge in [0.1, 0.15) is 22.3 Å². The molecule has 6 rings (SSSR count). The zero-order valence-electron chi connectivity index (χ0n) is 21.9. The molecular formula is C27H33N7O2. The molecule has 188 valence electrons. The summed E-state index contributed by atoms with van der Waals surface area (Å²) in [6.45, 7) is 12.5. The van der Waals surface area contributed by atoms with E-state index in [1.165, 1.54) is 0 Å². The largest absolute Gasteiger partial charge is 0.444 e. The Kier molecular flexibility index (Phi) is 4.94. The third-order valence-corrected chi connectivity index (χ3v) is 7.36. The maximum atomic E-state index is 12.8. The molecule has 1 aliphatic carbocycles. The molecule has 1 saturated carbocycles. The molecule has 1 saturated heterocycles. The van der Waals surface area contributed by atoms with Crippen LogP contribution in [0.15, 0.2) is 24.5 Å². The molecule has 9 nitrogen and oxygen atoms in total. The molecule has 2 fully saturated rings. The van der Waals surface area contributed by atoms with Crippen LogP contribution in [-0.4, -0.2) is 58.0 Å². The maximum Gasteiger partial charge on any atom is 0.410 e. The van der Waals surface area contributed by atoms with Gasteiger partial charge in [-0.2, -0.15) is 10.2 Å². The number of aryl methyl sites for hydroxylation is 3. The van der Waals surface area contributed by atoms with Crippen LogP contribution < -0.4 is 0 Å². The topological polar surface area (TPSA) is 90.4 Å². The third-order valence-electron chi connectivity index (χ3n) is 7.36. The van der Waals surface area contributed by atoms with Gasteiger partial charge >= 0.3 is 6.09 Å². The molecule has 2 aliphatic rings. The Morgan fingerprint density at radius 2 is 1.78 bits per heavy atom. The van der Waals surface area contributed by atoms with Crippen LogP contribution in [0, 0.1) is 20.8 Å². The van der Waals surface area contributed by atoms with E-state index in [1.54, 1.807) is 0 Å². The Morgan fingerprint density at radius 3 is 2.50 bits per heavy atom. The summed E-state index contributed by atoms with van der Waals surface area (Å²) in [5.74, 6) is 0. The van der Waals surface area contributed by atoms with Gasteiger partial charge in [0, 0.05) is 12.1 Å². The van der Waals surface area contributed by atoms with Gasteiger partial charge in [0.05, 0.1) is 29.8 Å². The summed E-state index contributed by atoms with van der Waals surface area (Å²) in [5, 5.41) is 9.71. The SMILES string of the molecule is Cc1cn2nc(-c3cc(C)c4nn(C5CCN(C(=O)OC(C)(C)C)C6(CC6)C5)cc4n3)cc(C)c2n1. The highest BCUT2D eigenvalue weighted by molar-refractivity contribution is 5.80. The fraction of sp³-hybridized carbons (Fsp3) is 0.519. The zero-order chi connectivity index (χ0) is 25.4. The number of imidazole rings is 1. The Bertz CT molecular complexity index is 1510. The number of aromatic nitrogens is 6. The quantitative estimate of drug-likeness (QED) is 0.387. The van der Waals surface area contributed by atoms with Gasteiger partial charge in [-0.25, -0.2) is 19.3 Å². The van der Waals surface area contributed by atoms with Gasteiger partial charge in [0.15, 0.2) is 5.65 Å². The molecule has 1 amide bonds.